The number of ether oxygens (including phenoxy) is 1. The van der Waals surface area contributed by atoms with Crippen LogP contribution in [-0.4, -0.2) is 61.7 Å². The summed E-state index contributed by atoms with van der Waals surface area (Å²) in [6.07, 6.45) is 1.35. The maximum atomic E-state index is 14.1. The molecule has 0 bridgehead atoms. The molecule has 0 saturated carbocycles. The van der Waals surface area contributed by atoms with Gasteiger partial charge in [-0.25, -0.2) is 9.37 Å². The van der Waals surface area contributed by atoms with Crippen molar-refractivity contribution in [1.29, 1.82) is 0 Å². The summed E-state index contributed by atoms with van der Waals surface area (Å²) in [6, 6.07) is 1.37. The van der Waals surface area contributed by atoms with Crippen molar-refractivity contribution in [2.75, 3.05) is 45.2 Å². The van der Waals surface area contributed by atoms with Crippen LogP contribution < -0.4 is 10.6 Å². The van der Waals surface area contributed by atoms with Crippen LogP contribution in [0.1, 0.15) is 17.3 Å². The van der Waals surface area contributed by atoms with Crippen molar-refractivity contribution >= 4 is 11.7 Å². The van der Waals surface area contributed by atoms with Crippen LogP contribution in [0.5, 0.6) is 0 Å². The Morgan fingerprint density at radius 1 is 1.62 bits per heavy atom. The predicted molar refractivity (Wildman–Crippen MR) is 77.9 cm³/mol. The van der Waals surface area contributed by atoms with Gasteiger partial charge in [0.1, 0.15) is 0 Å². The molecule has 116 valence electrons. The van der Waals surface area contributed by atoms with Crippen molar-refractivity contribution in [3.63, 3.8) is 0 Å². The number of aromatic nitrogens is 1. The third-order valence-corrected chi connectivity index (χ3v) is 3.31. The summed E-state index contributed by atoms with van der Waals surface area (Å²) in [5, 5.41) is 5.50. The second-order valence-corrected chi connectivity index (χ2v) is 5.02. The molecule has 2 heterocycles. The van der Waals surface area contributed by atoms with Crippen molar-refractivity contribution in [1.82, 2.24) is 15.2 Å². The van der Waals surface area contributed by atoms with Crippen molar-refractivity contribution in [3.8, 4) is 0 Å². The summed E-state index contributed by atoms with van der Waals surface area (Å²) >= 11 is 0. The van der Waals surface area contributed by atoms with Gasteiger partial charge in [0.15, 0.2) is 11.6 Å². The second-order valence-electron chi connectivity index (χ2n) is 5.02. The van der Waals surface area contributed by atoms with E-state index in [1.54, 1.807) is 0 Å². The van der Waals surface area contributed by atoms with Crippen molar-refractivity contribution in [3.05, 3.63) is 23.6 Å². The van der Waals surface area contributed by atoms with Gasteiger partial charge in [-0.3, -0.25) is 4.79 Å². The standard InChI is InChI=1S/C14H21FN4O2/c1-3-16-13-12(15)11(4-5-17-13)14(20)18-8-10-9-19(2)6-7-21-10/h4-5,10H,3,6-9H2,1-2H3,(H,16,17)(H,18,20). The van der Waals surface area contributed by atoms with Gasteiger partial charge >= 0.3 is 0 Å². The predicted octanol–water partition coefficient (Wildman–Crippen LogP) is 0.713. The van der Waals surface area contributed by atoms with Gasteiger partial charge in [-0.2, -0.15) is 0 Å². The van der Waals surface area contributed by atoms with Crippen LogP contribution in [0.15, 0.2) is 12.3 Å². The molecule has 1 saturated heterocycles. The Labute approximate surface area is 123 Å². The van der Waals surface area contributed by atoms with Crippen LogP contribution in [0, 0.1) is 5.82 Å². The molecule has 2 rings (SSSR count). The fourth-order valence-electron chi connectivity index (χ4n) is 2.20. The van der Waals surface area contributed by atoms with E-state index in [0.29, 0.717) is 19.7 Å². The lowest BCUT2D eigenvalue weighted by atomic mass is 10.2. The molecule has 1 fully saturated rings. The van der Waals surface area contributed by atoms with Gasteiger partial charge in [0.05, 0.1) is 18.3 Å². The number of halogens is 1. The number of hydrogen-bond donors (Lipinski definition) is 2. The van der Waals surface area contributed by atoms with E-state index in [-0.39, 0.29) is 17.5 Å². The summed E-state index contributed by atoms with van der Waals surface area (Å²) in [4.78, 5) is 18.1. The first-order valence-electron chi connectivity index (χ1n) is 7.08. The monoisotopic (exact) mass is 296 g/mol. The zero-order chi connectivity index (χ0) is 15.2. The number of amides is 1. The Hall–Kier alpha value is -1.73. The highest BCUT2D eigenvalue weighted by atomic mass is 19.1. The minimum Gasteiger partial charge on any atom is -0.374 e. The Bertz CT molecular complexity index is 498. The molecule has 1 aromatic rings. The van der Waals surface area contributed by atoms with Crippen molar-refractivity contribution in [2.45, 2.75) is 13.0 Å². The average molecular weight is 296 g/mol. The number of carbonyl (C=O) groups is 1. The number of nitrogens with zero attached hydrogens (tertiary/aromatic N) is 2. The molecule has 0 radical (unpaired) electrons. The summed E-state index contributed by atoms with van der Waals surface area (Å²) in [7, 11) is 2.00. The van der Waals surface area contributed by atoms with Crippen LogP contribution in [0.3, 0.4) is 0 Å². The zero-order valence-corrected chi connectivity index (χ0v) is 12.4. The van der Waals surface area contributed by atoms with Crippen LogP contribution in [0.2, 0.25) is 0 Å². The minimum absolute atomic E-state index is 0.00915. The number of morpholine rings is 1. The maximum Gasteiger partial charge on any atom is 0.254 e. The molecule has 1 aliphatic rings. The third kappa shape index (κ3) is 4.12. The molecular weight excluding hydrogens is 275 g/mol. The van der Waals surface area contributed by atoms with Crippen LogP contribution in [0.4, 0.5) is 10.2 Å². The highest BCUT2D eigenvalue weighted by molar-refractivity contribution is 5.95. The molecule has 6 nitrogen and oxygen atoms in total. The summed E-state index contributed by atoms with van der Waals surface area (Å²) in [5.74, 6) is -0.983. The largest absolute Gasteiger partial charge is 0.374 e. The minimum atomic E-state index is -0.626. The van der Waals surface area contributed by atoms with Gasteiger partial charge in [-0.05, 0) is 20.0 Å². The molecule has 0 aromatic carbocycles. The second kappa shape index (κ2) is 7.33. The SMILES string of the molecule is CCNc1nccc(C(=O)NCC2CN(C)CCO2)c1F. The topological polar surface area (TPSA) is 66.5 Å². The van der Waals surface area contributed by atoms with E-state index in [1.165, 1.54) is 12.3 Å². The number of anilines is 1. The molecule has 1 amide bonds. The van der Waals surface area contributed by atoms with Crippen molar-refractivity contribution in [2.24, 2.45) is 0 Å². The lowest BCUT2D eigenvalue weighted by Crippen LogP contribution is -2.46. The lowest BCUT2D eigenvalue weighted by Gasteiger charge is -2.30. The Balaban J connectivity index is 1.95. The number of rotatable bonds is 5. The van der Waals surface area contributed by atoms with Gasteiger partial charge in [0.2, 0.25) is 0 Å². The third-order valence-electron chi connectivity index (χ3n) is 3.31. The average Bonchev–Trinajstić information content (AvgIpc) is 2.47. The molecule has 0 aliphatic carbocycles. The molecule has 21 heavy (non-hydrogen) atoms. The van der Waals surface area contributed by atoms with E-state index in [1.807, 2.05) is 14.0 Å². The first-order chi connectivity index (χ1) is 10.1. The lowest BCUT2D eigenvalue weighted by molar-refractivity contribution is -0.0175. The van der Waals surface area contributed by atoms with E-state index in [0.717, 1.165) is 13.1 Å². The smallest absolute Gasteiger partial charge is 0.254 e. The Kier molecular flexibility index (Phi) is 5.46. The zero-order valence-electron chi connectivity index (χ0n) is 12.4. The molecule has 2 N–H and O–H groups in total. The van der Waals surface area contributed by atoms with E-state index in [9.17, 15) is 9.18 Å². The van der Waals surface area contributed by atoms with Gasteiger partial charge in [-0.15, -0.1) is 0 Å². The first-order valence-corrected chi connectivity index (χ1v) is 7.08. The van der Waals surface area contributed by atoms with E-state index in [4.69, 9.17) is 4.74 Å². The van der Waals surface area contributed by atoms with E-state index >= 15 is 0 Å². The van der Waals surface area contributed by atoms with E-state index < -0.39 is 11.7 Å². The van der Waals surface area contributed by atoms with Gasteiger partial charge < -0.3 is 20.3 Å². The summed E-state index contributed by atoms with van der Waals surface area (Å²) in [5.41, 5.74) is -0.00915. The molecule has 0 spiro atoms. The molecule has 1 unspecified atom stereocenters. The number of hydrogen-bond acceptors (Lipinski definition) is 5. The maximum absolute atomic E-state index is 14.1. The van der Waals surface area contributed by atoms with Crippen LogP contribution >= 0.6 is 0 Å². The first kappa shape index (κ1) is 15.7. The molecule has 1 aromatic heterocycles. The Morgan fingerprint density at radius 2 is 2.43 bits per heavy atom. The number of nitrogens with one attached hydrogen (secondary N) is 2. The molecule has 1 aliphatic heterocycles. The molecule has 1 atom stereocenters. The van der Waals surface area contributed by atoms with Crippen molar-refractivity contribution < 1.29 is 13.9 Å². The highest BCUT2D eigenvalue weighted by Gasteiger charge is 2.20. The normalized spacial score (nSPS) is 19.3. The number of pyridine rings is 1. The van der Waals surface area contributed by atoms with Gasteiger partial charge in [-0.1, -0.05) is 0 Å². The van der Waals surface area contributed by atoms with Crippen LogP contribution in [-0.2, 0) is 4.74 Å². The number of likely N-dealkylation sites (N-methyl/N-ethyl adjacent to an activating group) is 1. The quantitative estimate of drug-likeness (QED) is 0.838. The highest BCUT2D eigenvalue weighted by Crippen LogP contribution is 2.14. The van der Waals surface area contributed by atoms with E-state index in [2.05, 4.69) is 20.5 Å². The summed E-state index contributed by atoms with van der Waals surface area (Å²) < 4.78 is 19.7. The fourth-order valence-corrected chi connectivity index (χ4v) is 2.20. The summed E-state index contributed by atoms with van der Waals surface area (Å²) in [6.45, 7) is 5.02. The number of carbonyl (C=O) groups excluding carboxylic acids is 1. The van der Waals surface area contributed by atoms with Crippen LogP contribution in [0.25, 0.3) is 0 Å². The van der Waals surface area contributed by atoms with Gasteiger partial charge in [0.25, 0.3) is 5.91 Å². The van der Waals surface area contributed by atoms with Gasteiger partial charge in [0, 0.05) is 32.4 Å². The molecular formula is C14H21FN4O2. The fraction of sp³-hybridized carbons (Fsp3) is 0.571. The molecule has 7 heteroatoms. The Morgan fingerprint density at radius 3 is 3.14 bits per heavy atom.